The summed E-state index contributed by atoms with van der Waals surface area (Å²) in [7, 11) is 0. The summed E-state index contributed by atoms with van der Waals surface area (Å²) < 4.78 is 7.96. The third-order valence-corrected chi connectivity index (χ3v) is 3.64. The third-order valence-electron chi connectivity index (χ3n) is 3.64. The Bertz CT molecular complexity index is 706. The zero-order valence-electron chi connectivity index (χ0n) is 12.5. The van der Waals surface area contributed by atoms with Crippen LogP contribution in [0.2, 0.25) is 0 Å². The zero-order valence-corrected chi connectivity index (χ0v) is 12.5. The summed E-state index contributed by atoms with van der Waals surface area (Å²) in [5, 5.41) is 0. The summed E-state index contributed by atoms with van der Waals surface area (Å²) in [6.07, 6.45) is 5.10. The average Bonchev–Trinajstić information content (AvgIpc) is 3.06. The topological polar surface area (TPSA) is 40.2 Å². The van der Waals surface area contributed by atoms with Gasteiger partial charge in [0.05, 0.1) is 5.69 Å². The van der Waals surface area contributed by atoms with Crippen molar-refractivity contribution in [3.63, 3.8) is 0 Å². The molecule has 0 saturated carbocycles. The Balaban J connectivity index is 1.59. The molecule has 1 heterocycles. The minimum atomic E-state index is 0.535. The van der Waals surface area contributed by atoms with Crippen LogP contribution in [0.25, 0.3) is 0 Å². The standard InChI is InChI=1S/C19H20N2O/c20-18-14-16(10-13-21-11-4-5-12-21)8-9-19(18)22-15-17-6-2-1-3-7-17/h1-9,11-12,14H,10,13,15,20H2. The Morgan fingerprint density at radius 3 is 2.36 bits per heavy atom. The second kappa shape index (κ2) is 6.85. The monoisotopic (exact) mass is 292 g/mol. The minimum absolute atomic E-state index is 0.535. The van der Waals surface area contributed by atoms with Crippen molar-refractivity contribution in [3.8, 4) is 5.75 Å². The van der Waals surface area contributed by atoms with Gasteiger partial charge in [-0.05, 0) is 41.8 Å². The van der Waals surface area contributed by atoms with Crippen molar-refractivity contribution in [1.82, 2.24) is 4.57 Å². The van der Waals surface area contributed by atoms with E-state index >= 15 is 0 Å². The number of aryl methyl sites for hydroxylation is 2. The van der Waals surface area contributed by atoms with Gasteiger partial charge in [-0.1, -0.05) is 36.4 Å². The molecule has 2 N–H and O–H groups in total. The molecule has 0 atom stereocenters. The van der Waals surface area contributed by atoms with Crippen LogP contribution in [0.5, 0.6) is 5.75 Å². The quantitative estimate of drug-likeness (QED) is 0.700. The van der Waals surface area contributed by atoms with E-state index in [0.29, 0.717) is 12.3 Å². The Morgan fingerprint density at radius 2 is 1.64 bits per heavy atom. The number of ether oxygens (including phenoxy) is 1. The van der Waals surface area contributed by atoms with Gasteiger partial charge in [-0.3, -0.25) is 0 Å². The molecule has 3 nitrogen and oxygen atoms in total. The molecule has 3 rings (SSSR count). The maximum absolute atomic E-state index is 6.10. The summed E-state index contributed by atoms with van der Waals surface area (Å²) >= 11 is 0. The number of nitrogens with two attached hydrogens (primary N) is 1. The highest BCUT2D eigenvalue weighted by atomic mass is 16.5. The second-order valence-electron chi connectivity index (χ2n) is 5.32. The van der Waals surface area contributed by atoms with Crippen LogP contribution in [0.4, 0.5) is 5.69 Å². The number of nitrogens with zero attached hydrogens (tertiary/aromatic N) is 1. The summed E-state index contributed by atoms with van der Waals surface area (Å²) in [6, 6.07) is 20.2. The average molecular weight is 292 g/mol. The van der Waals surface area contributed by atoms with Gasteiger partial charge >= 0.3 is 0 Å². The first-order chi connectivity index (χ1) is 10.8. The van der Waals surface area contributed by atoms with Crippen molar-refractivity contribution in [1.29, 1.82) is 0 Å². The molecule has 0 fully saturated rings. The molecular weight excluding hydrogens is 272 g/mol. The first-order valence-electron chi connectivity index (χ1n) is 7.47. The molecule has 0 unspecified atom stereocenters. The van der Waals surface area contributed by atoms with E-state index in [-0.39, 0.29) is 0 Å². The molecule has 2 aromatic carbocycles. The Hall–Kier alpha value is -2.68. The molecule has 0 amide bonds. The minimum Gasteiger partial charge on any atom is -0.487 e. The van der Waals surface area contributed by atoms with Gasteiger partial charge < -0.3 is 15.0 Å². The van der Waals surface area contributed by atoms with E-state index in [2.05, 4.69) is 23.0 Å². The number of hydrogen-bond donors (Lipinski definition) is 1. The van der Waals surface area contributed by atoms with Gasteiger partial charge in [0, 0.05) is 18.9 Å². The predicted octanol–water partition coefficient (Wildman–Crippen LogP) is 3.89. The van der Waals surface area contributed by atoms with Crippen LogP contribution in [-0.2, 0) is 19.6 Å². The van der Waals surface area contributed by atoms with Gasteiger partial charge in [0.25, 0.3) is 0 Å². The van der Waals surface area contributed by atoms with Gasteiger partial charge in [-0.25, -0.2) is 0 Å². The smallest absolute Gasteiger partial charge is 0.142 e. The van der Waals surface area contributed by atoms with E-state index in [1.165, 1.54) is 5.56 Å². The van der Waals surface area contributed by atoms with Crippen molar-refractivity contribution in [3.05, 3.63) is 84.2 Å². The highest BCUT2D eigenvalue weighted by Crippen LogP contribution is 2.24. The second-order valence-corrected chi connectivity index (χ2v) is 5.32. The van der Waals surface area contributed by atoms with Crippen LogP contribution in [0.3, 0.4) is 0 Å². The van der Waals surface area contributed by atoms with Gasteiger partial charge in [0.15, 0.2) is 0 Å². The SMILES string of the molecule is Nc1cc(CCn2cccc2)ccc1OCc1ccccc1. The molecule has 0 saturated heterocycles. The molecule has 112 valence electrons. The highest BCUT2D eigenvalue weighted by Gasteiger charge is 2.03. The fourth-order valence-electron chi connectivity index (χ4n) is 2.40. The molecular formula is C19H20N2O. The van der Waals surface area contributed by atoms with Crippen LogP contribution in [0, 0.1) is 0 Å². The van der Waals surface area contributed by atoms with Gasteiger partial charge in [0.1, 0.15) is 12.4 Å². The van der Waals surface area contributed by atoms with Crippen LogP contribution in [-0.4, -0.2) is 4.57 Å². The van der Waals surface area contributed by atoms with E-state index in [9.17, 15) is 0 Å². The number of anilines is 1. The maximum Gasteiger partial charge on any atom is 0.142 e. The largest absolute Gasteiger partial charge is 0.487 e. The summed E-state index contributed by atoms with van der Waals surface area (Å²) in [5.41, 5.74) is 9.16. The lowest BCUT2D eigenvalue weighted by atomic mass is 10.1. The van der Waals surface area contributed by atoms with Crippen molar-refractivity contribution in [2.24, 2.45) is 0 Å². The molecule has 0 aliphatic carbocycles. The summed E-state index contributed by atoms with van der Waals surface area (Å²) in [4.78, 5) is 0. The lowest BCUT2D eigenvalue weighted by molar-refractivity contribution is 0.308. The molecule has 3 heteroatoms. The fraction of sp³-hybridized carbons (Fsp3) is 0.158. The van der Waals surface area contributed by atoms with Gasteiger partial charge in [-0.2, -0.15) is 0 Å². The normalized spacial score (nSPS) is 10.5. The zero-order chi connectivity index (χ0) is 15.2. The van der Waals surface area contributed by atoms with Crippen LogP contribution in [0.15, 0.2) is 73.1 Å². The third kappa shape index (κ3) is 3.70. The van der Waals surface area contributed by atoms with Crippen LogP contribution in [0.1, 0.15) is 11.1 Å². The lowest BCUT2D eigenvalue weighted by Crippen LogP contribution is -2.01. The summed E-state index contributed by atoms with van der Waals surface area (Å²) in [6.45, 7) is 1.49. The van der Waals surface area contributed by atoms with Gasteiger partial charge in [-0.15, -0.1) is 0 Å². The number of hydrogen-bond acceptors (Lipinski definition) is 2. The highest BCUT2D eigenvalue weighted by molar-refractivity contribution is 5.54. The lowest BCUT2D eigenvalue weighted by Gasteiger charge is -2.11. The molecule has 1 aromatic heterocycles. The number of rotatable bonds is 6. The van der Waals surface area contributed by atoms with E-state index < -0.39 is 0 Å². The molecule has 3 aromatic rings. The van der Waals surface area contributed by atoms with Gasteiger partial charge in [0.2, 0.25) is 0 Å². The van der Waals surface area contributed by atoms with Crippen LogP contribution >= 0.6 is 0 Å². The molecule has 22 heavy (non-hydrogen) atoms. The Labute approximate surface area is 131 Å². The number of nitrogen functional groups attached to an aromatic ring is 1. The van der Waals surface area contributed by atoms with E-state index in [1.54, 1.807) is 0 Å². The van der Waals surface area contributed by atoms with Crippen molar-refractivity contribution < 1.29 is 4.74 Å². The predicted molar refractivity (Wildman–Crippen MR) is 89.8 cm³/mol. The van der Waals surface area contributed by atoms with Crippen LogP contribution < -0.4 is 10.5 Å². The molecule has 0 bridgehead atoms. The first-order valence-corrected chi connectivity index (χ1v) is 7.47. The molecule has 0 aliphatic rings. The van der Waals surface area contributed by atoms with E-state index in [4.69, 9.17) is 10.5 Å². The first kappa shape index (κ1) is 14.3. The molecule has 0 aliphatic heterocycles. The van der Waals surface area contributed by atoms with E-state index in [1.807, 2.05) is 54.6 Å². The van der Waals surface area contributed by atoms with Crippen molar-refractivity contribution >= 4 is 5.69 Å². The van der Waals surface area contributed by atoms with E-state index in [0.717, 1.165) is 24.3 Å². The Kier molecular flexibility index (Phi) is 4.44. The number of benzene rings is 2. The fourth-order valence-corrected chi connectivity index (χ4v) is 2.40. The maximum atomic E-state index is 6.10. The number of aromatic nitrogens is 1. The summed E-state index contributed by atoms with van der Waals surface area (Å²) in [5.74, 6) is 0.744. The Morgan fingerprint density at radius 1 is 0.864 bits per heavy atom. The molecule has 0 radical (unpaired) electrons. The van der Waals surface area contributed by atoms with Crippen molar-refractivity contribution in [2.75, 3.05) is 5.73 Å². The molecule has 0 spiro atoms. The van der Waals surface area contributed by atoms with Crippen molar-refractivity contribution in [2.45, 2.75) is 19.6 Å².